The van der Waals surface area contributed by atoms with Crippen molar-refractivity contribution in [2.75, 3.05) is 19.8 Å². The number of hydrogen-bond acceptors (Lipinski definition) is 8. The minimum atomic E-state index is -0.801. The van der Waals surface area contributed by atoms with Crippen LogP contribution in [0.2, 0.25) is 0 Å². The molecule has 41 heavy (non-hydrogen) atoms. The van der Waals surface area contributed by atoms with E-state index in [0.717, 1.165) is 16.2 Å². The number of nitrogens with zero attached hydrogens (tertiary/aromatic N) is 3. The van der Waals surface area contributed by atoms with Gasteiger partial charge in [-0.3, -0.25) is 9.69 Å². The molecule has 0 spiro atoms. The summed E-state index contributed by atoms with van der Waals surface area (Å²) < 4.78 is 19.4. The summed E-state index contributed by atoms with van der Waals surface area (Å²) in [5, 5.41) is 21.8. The van der Waals surface area contributed by atoms with Gasteiger partial charge >= 0.3 is 6.03 Å². The van der Waals surface area contributed by atoms with Crippen molar-refractivity contribution in [2.45, 2.75) is 39.3 Å². The Morgan fingerprint density at radius 1 is 1.15 bits per heavy atom. The Bertz CT molecular complexity index is 1370. The number of aliphatic hydroxyl groups excluding tert-OH is 2. The lowest BCUT2D eigenvalue weighted by molar-refractivity contribution is -0.126. The highest BCUT2D eigenvalue weighted by atomic mass is 32.1. The molecule has 1 saturated heterocycles. The van der Waals surface area contributed by atoms with Crippen molar-refractivity contribution < 1.29 is 28.9 Å². The van der Waals surface area contributed by atoms with E-state index in [2.05, 4.69) is 20.3 Å². The molecule has 4 aromatic rings. The summed E-state index contributed by atoms with van der Waals surface area (Å²) in [5.41, 5.74) is 4.11. The fourth-order valence-electron chi connectivity index (χ4n) is 3.84. The number of rotatable bonds is 9. The highest BCUT2D eigenvalue weighted by molar-refractivity contribution is 7.07. The molecule has 3 heterocycles. The Labute approximate surface area is 241 Å². The molecule has 2 aromatic carbocycles. The molecule has 2 unspecified atom stereocenters. The third-order valence-corrected chi connectivity index (χ3v) is 6.43. The Morgan fingerprint density at radius 2 is 1.90 bits per heavy atom. The molecule has 1 aliphatic rings. The molecule has 0 saturated carbocycles. The number of nitrogens with one attached hydrogen (secondary N) is 2. The van der Waals surface area contributed by atoms with Gasteiger partial charge in [0, 0.05) is 17.4 Å². The molecule has 2 atom stereocenters. The Kier molecular flexibility index (Phi) is 11.9. The first-order valence-electron chi connectivity index (χ1n) is 13.1. The van der Waals surface area contributed by atoms with Crippen molar-refractivity contribution in [3.05, 3.63) is 88.5 Å². The summed E-state index contributed by atoms with van der Waals surface area (Å²) in [6.45, 7) is 5.62. The molecule has 0 radical (unpaired) electrons. The van der Waals surface area contributed by atoms with Crippen LogP contribution in [0.4, 0.5) is 9.18 Å². The van der Waals surface area contributed by atoms with Crippen molar-refractivity contribution >= 4 is 23.3 Å². The number of carbonyl (C=O) groups is 2. The summed E-state index contributed by atoms with van der Waals surface area (Å²) in [7, 11) is 0. The van der Waals surface area contributed by atoms with Crippen LogP contribution >= 0.6 is 11.3 Å². The number of aromatic amines is 1. The van der Waals surface area contributed by atoms with E-state index in [4.69, 9.17) is 14.9 Å². The highest BCUT2D eigenvalue weighted by Crippen LogP contribution is 2.28. The number of aliphatic hydroxyl groups is 2. The number of hydrogen-bond donors (Lipinski definition) is 4. The van der Waals surface area contributed by atoms with Crippen LogP contribution in [-0.4, -0.2) is 67.9 Å². The lowest BCUT2D eigenvalue weighted by Crippen LogP contribution is -2.36. The number of carbonyl (C=O) groups excluding carboxylic acids is 2. The topological polar surface area (TPSA) is 141 Å². The van der Waals surface area contributed by atoms with Crippen molar-refractivity contribution in [1.29, 1.82) is 0 Å². The largest absolute Gasteiger partial charge is 0.491 e. The number of urea groups is 1. The van der Waals surface area contributed by atoms with Gasteiger partial charge in [-0.15, -0.1) is 11.3 Å². The molecule has 0 aliphatic carbocycles. The van der Waals surface area contributed by atoms with Crippen LogP contribution < -0.4 is 10.1 Å². The summed E-state index contributed by atoms with van der Waals surface area (Å²) in [6.07, 6.45) is 1.03. The Morgan fingerprint density at radius 3 is 2.51 bits per heavy atom. The van der Waals surface area contributed by atoms with E-state index in [1.165, 1.54) is 23.6 Å². The van der Waals surface area contributed by atoms with Crippen LogP contribution in [0.1, 0.15) is 37.0 Å². The summed E-state index contributed by atoms with van der Waals surface area (Å²) in [4.78, 5) is 37.2. The van der Waals surface area contributed by atoms with Gasteiger partial charge in [-0.25, -0.2) is 19.2 Å². The van der Waals surface area contributed by atoms with Gasteiger partial charge in [0.05, 0.1) is 36.2 Å². The molecule has 12 heteroatoms. The van der Waals surface area contributed by atoms with Crippen LogP contribution in [0.25, 0.3) is 11.3 Å². The van der Waals surface area contributed by atoms with Crippen LogP contribution in [0.15, 0.2) is 65.6 Å². The summed E-state index contributed by atoms with van der Waals surface area (Å²) in [6, 6.07) is 13.0. The number of thiazole rings is 1. The Hall–Kier alpha value is -4.13. The third kappa shape index (κ3) is 8.68. The van der Waals surface area contributed by atoms with Gasteiger partial charge in [0.1, 0.15) is 36.1 Å². The summed E-state index contributed by atoms with van der Waals surface area (Å²) in [5.74, 6) is 0.407. The highest BCUT2D eigenvalue weighted by Gasteiger charge is 2.37. The van der Waals surface area contributed by atoms with Crippen LogP contribution in [-0.2, 0) is 11.2 Å². The molecular weight excluding hydrogens is 549 g/mol. The molecular formula is C29H34FN5O5S. The van der Waals surface area contributed by atoms with E-state index < -0.39 is 18.2 Å². The average Bonchev–Trinajstić information content (AvgIpc) is 3.75. The average molecular weight is 584 g/mol. The summed E-state index contributed by atoms with van der Waals surface area (Å²) >= 11 is 1.43. The van der Waals surface area contributed by atoms with Gasteiger partial charge < -0.3 is 25.3 Å². The maximum absolute atomic E-state index is 14.3. The number of aryl methyl sites for hydroxylation is 1. The van der Waals surface area contributed by atoms with Crippen molar-refractivity contribution in [3.8, 4) is 17.0 Å². The zero-order chi connectivity index (χ0) is 29.8. The van der Waals surface area contributed by atoms with Gasteiger partial charge in [-0.2, -0.15) is 0 Å². The number of ether oxygens (including phenoxy) is 1. The van der Waals surface area contributed by atoms with Gasteiger partial charge in [0.25, 0.3) is 5.91 Å². The van der Waals surface area contributed by atoms with Crippen molar-refractivity contribution in [2.24, 2.45) is 0 Å². The molecule has 218 valence electrons. The van der Waals surface area contributed by atoms with Gasteiger partial charge in [-0.05, 0) is 36.8 Å². The smallest absolute Gasteiger partial charge is 0.325 e. The minimum Gasteiger partial charge on any atom is -0.491 e. The van der Waals surface area contributed by atoms with E-state index in [9.17, 15) is 14.0 Å². The zero-order valence-corrected chi connectivity index (χ0v) is 23.9. The molecule has 5 rings (SSSR count). The van der Waals surface area contributed by atoms with E-state index in [1.807, 2.05) is 50.4 Å². The van der Waals surface area contributed by atoms with E-state index >= 15 is 0 Å². The Balaban J connectivity index is 0.000000278. The van der Waals surface area contributed by atoms with Gasteiger partial charge in [-0.1, -0.05) is 38.1 Å². The fraction of sp³-hybridized carbons (Fsp3) is 0.310. The van der Waals surface area contributed by atoms with Crippen LogP contribution in [0.3, 0.4) is 0 Å². The third-order valence-electron chi connectivity index (χ3n) is 5.80. The van der Waals surface area contributed by atoms with E-state index in [0.29, 0.717) is 29.3 Å². The number of para-hydroxylation sites is 1. The minimum absolute atomic E-state index is 0.0491. The normalized spacial score (nSPS) is 13.9. The van der Waals surface area contributed by atoms with E-state index in [1.54, 1.807) is 23.7 Å². The first-order valence-corrected chi connectivity index (χ1v) is 14.0. The number of aromatic nitrogens is 3. The molecule has 1 fully saturated rings. The molecule has 10 nitrogen and oxygen atoms in total. The number of imidazole rings is 1. The molecule has 1 aliphatic heterocycles. The first kappa shape index (κ1) is 31.4. The number of imide groups is 1. The monoisotopic (exact) mass is 583 g/mol. The number of H-pyrrole nitrogens is 1. The van der Waals surface area contributed by atoms with Crippen LogP contribution in [0.5, 0.6) is 5.75 Å². The van der Waals surface area contributed by atoms with Gasteiger partial charge in [0.2, 0.25) is 0 Å². The number of benzene rings is 2. The second kappa shape index (κ2) is 15.6. The van der Waals surface area contributed by atoms with Crippen LogP contribution in [0, 0.1) is 12.7 Å². The molecule has 0 bridgehead atoms. The van der Waals surface area contributed by atoms with E-state index in [-0.39, 0.29) is 31.5 Å². The van der Waals surface area contributed by atoms with Crippen molar-refractivity contribution in [3.63, 3.8) is 0 Å². The SMILES string of the molecule is CC.Cc1ccc(-c2cnc(C(Cc3cscn3)N3C(=O)CNC3=O)[nH]2)c(F)c1.OCC(O)COc1ccccc1. The lowest BCUT2D eigenvalue weighted by atomic mass is 10.1. The maximum Gasteiger partial charge on any atom is 0.325 e. The molecule has 2 aromatic heterocycles. The second-order valence-corrected chi connectivity index (χ2v) is 9.47. The first-order chi connectivity index (χ1) is 19.9. The quantitative estimate of drug-likeness (QED) is 0.216. The predicted octanol–water partition coefficient (Wildman–Crippen LogP) is 4.26. The number of halogens is 1. The fourth-order valence-corrected chi connectivity index (χ4v) is 4.41. The standard InChI is InChI=1S/C18H16FN5O2S.C9H12O3.C2H6/c1-10-2-3-12(13(19)4-10)14-6-20-17(23-14)15(5-11-8-27-9-22-11)24-16(25)7-21-18(24)26;10-6-8(11)7-12-9-4-2-1-3-5-9;1-2/h2-4,6,8-9,15H,5,7H2,1H3,(H,20,23)(H,21,26);1-5,8,10-11H,6-7H2;1-2H3. The lowest BCUT2D eigenvalue weighted by Gasteiger charge is -2.22. The number of amides is 3. The van der Waals surface area contributed by atoms with Gasteiger partial charge in [0.15, 0.2) is 0 Å². The zero-order valence-electron chi connectivity index (χ0n) is 23.1. The van der Waals surface area contributed by atoms with Crippen molar-refractivity contribution in [1.82, 2.24) is 25.2 Å². The molecule has 3 amide bonds. The maximum atomic E-state index is 14.3. The predicted molar refractivity (Wildman–Crippen MR) is 154 cm³/mol. The second-order valence-electron chi connectivity index (χ2n) is 8.75. The molecule has 4 N–H and O–H groups in total.